The van der Waals surface area contributed by atoms with Gasteiger partial charge in [-0.15, -0.1) is 11.3 Å². The van der Waals surface area contributed by atoms with Gasteiger partial charge < -0.3 is 5.73 Å². The van der Waals surface area contributed by atoms with Gasteiger partial charge in [-0.3, -0.25) is 0 Å². The van der Waals surface area contributed by atoms with Crippen LogP contribution >= 0.6 is 11.3 Å². The number of fused-ring (bicyclic) bond motifs is 1. The molecule has 0 aliphatic carbocycles. The molecule has 0 spiro atoms. The van der Waals surface area contributed by atoms with Gasteiger partial charge in [0.25, 0.3) is 0 Å². The molecule has 1 nitrogen and oxygen atoms in total. The van der Waals surface area contributed by atoms with Gasteiger partial charge in [0.15, 0.2) is 0 Å². The van der Waals surface area contributed by atoms with E-state index in [-0.39, 0.29) is 0 Å². The largest absolute Gasteiger partial charge is 0.326 e. The predicted molar refractivity (Wildman–Crippen MR) is 79.9 cm³/mol. The highest BCUT2D eigenvalue weighted by molar-refractivity contribution is 7.10. The molecular weight excluding hydrogens is 238 g/mol. The summed E-state index contributed by atoms with van der Waals surface area (Å²) in [4.78, 5) is 1.25. The van der Waals surface area contributed by atoms with Crippen LogP contribution in [0, 0.1) is 6.92 Å². The van der Waals surface area contributed by atoms with Crippen molar-refractivity contribution in [2.24, 2.45) is 5.73 Å². The zero-order valence-corrected chi connectivity index (χ0v) is 11.1. The number of aryl methyl sites for hydroxylation is 1. The summed E-state index contributed by atoms with van der Waals surface area (Å²) in [6.45, 7) is 2.76. The van der Waals surface area contributed by atoms with Crippen molar-refractivity contribution in [3.05, 3.63) is 58.3 Å². The summed E-state index contributed by atoms with van der Waals surface area (Å²) in [7, 11) is 0. The fraction of sp³-hybridized carbons (Fsp3) is 0.125. The van der Waals surface area contributed by atoms with Crippen LogP contribution in [0.5, 0.6) is 0 Å². The Morgan fingerprint density at radius 1 is 0.944 bits per heavy atom. The first-order chi connectivity index (χ1) is 8.81. The number of thiophene rings is 1. The third-order valence-corrected chi connectivity index (χ3v) is 4.31. The third kappa shape index (κ3) is 1.74. The molecule has 0 radical (unpaired) electrons. The molecule has 0 saturated carbocycles. The van der Waals surface area contributed by atoms with Crippen LogP contribution in [-0.2, 0) is 6.54 Å². The topological polar surface area (TPSA) is 26.0 Å². The lowest BCUT2D eigenvalue weighted by atomic mass is 9.96. The molecule has 18 heavy (non-hydrogen) atoms. The van der Waals surface area contributed by atoms with Crippen molar-refractivity contribution in [1.82, 2.24) is 0 Å². The predicted octanol–water partition coefficient (Wildman–Crippen LogP) is 4.34. The maximum Gasteiger partial charge on any atom is 0.0280 e. The smallest absolute Gasteiger partial charge is 0.0280 e. The molecule has 0 unspecified atom stereocenters. The second kappa shape index (κ2) is 4.56. The van der Waals surface area contributed by atoms with E-state index in [1.165, 1.54) is 32.3 Å². The molecule has 1 aromatic heterocycles. The van der Waals surface area contributed by atoms with Crippen molar-refractivity contribution in [2.45, 2.75) is 13.5 Å². The van der Waals surface area contributed by atoms with E-state index >= 15 is 0 Å². The van der Waals surface area contributed by atoms with Gasteiger partial charge in [0, 0.05) is 11.4 Å². The summed E-state index contributed by atoms with van der Waals surface area (Å²) in [5, 5.41) is 4.75. The van der Waals surface area contributed by atoms with Crippen LogP contribution < -0.4 is 5.73 Å². The maximum absolute atomic E-state index is 5.82. The molecule has 3 aromatic rings. The first-order valence-corrected chi connectivity index (χ1v) is 6.94. The van der Waals surface area contributed by atoms with Crippen LogP contribution in [0.3, 0.4) is 0 Å². The average molecular weight is 253 g/mol. The molecule has 3 rings (SSSR count). The van der Waals surface area contributed by atoms with Crippen LogP contribution in [0.25, 0.3) is 21.9 Å². The van der Waals surface area contributed by atoms with Gasteiger partial charge in [-0.1, -0.05) is 36.4 Å². The normalized spacial score (nSPS) is 11.0. The zero-order chi connectivity index (χ0) is 12.5. The zero-order valence-electron chi connectivity index (χ0n) is 10.3. The van der Waals surface area contributed by atoms with Crippen LogP contribution in [-0.4, -0.2) is 0 Å². The molecule has 0 aliphatic heterocycles. The minimum absolute atomic E-state index is 0.606. The number of rotatable bonds is 2. The summed E-state index contributed by atoms with van der Waals surface area (Å²) in [6.07, 6.45) is 0. The lowest BCUT2D eigenvalue weighted by molar-refractivity contribution is 1.11. The number of hydrogen-bond acceptors (Lipinski definition) is 2. The Labute approximate surface area is 111 Å². The maximum atomic E-state index is 5.82. The van der Waals surface area contributed by atoms with E-state index in [1.54, 1.807) is 11.3 Å². The Morgan fingerprint density at radius 2 is 1.72 bits per heavy atom. The van der Waals surface area contributed by atoms with E-state index in [9.17, 15) is 0 Å². The lowest BCUT2D eigenvalue weighted by Gasteiger charge is -2.09. The van der Waals surface area contributed by atoms with Crippen molar-refractivity contribution in [1.29, 1.82) is 0 Å². The fourth-order valence-electron chi connectivity index (χ4n) is 2.42. The van der Waals surface area contributed by atoms with Crippen molar-refractivity contribution in [2.75, 3.05) is 0 Å². The summed E-state index contributed by atoms with van der Waals surface area (Å²) in [6, 6.07) is 15.1. The minimum atomic E-state index is 0.606. The molecule has 1 heterocycles. The summed E-state index contributed by atoms with van der Waals surface area (Å²) in [5.41, 5.74) is 9.70. The van der Waals surface area contributed by atoms with E-state index < -0.39 is 0 Å². The van der Waals surface area contributed by atoms with Gasteiger partial charge in [-0.25, -0.2) is 0 Å². The Bertz CT molecular complexity index is 697. The monoisotopic (exact) mass is 253 g/mol. The highest BCUT2D eigenvalue weighted by Crippen LogP contribution is 2.34. The molecule has 2 aromatic carbocycles. The van der Waals surface area contributed by atoms with Gasteiger partial charge in [0.2, 0.25) is 0 Å². The van der Waals surface area contributed by atoms with Crippen molar-refractivity contribution < 1.29 is 0 Å². The first-order valence-electron chi connectivity index (χ1n) is 6.06. The number of nitrogens with two attached hydrogens (primary N) is 1. The van der Waals surface area contributed by atoms with E-state index in [1.807, 2.05) is 0 Å². The van der Waals surface area contributed by atoms with Gasteiger partial charge in [0.05, 0.1) is 0 Å². The first kappa shape index (κ1) is 11.5. The molecule has 0 saturated heterocycles. The van der Waals surface area contributed by atoms with E-state index in [0.29, 0.717) is 6.54 Å². The summed E-state index contributed by atoms with van der Waals surface area (Å²) < 4.78 is 0. The molecule has 0 amide bonds. The number of benzene rings is 2. The molecule has 2 N–H and O–H groups in total. The van der Waals surface area contributed by atoms with E-state index in [2.05, 4.69) is 54.8 Å². The van der Waals surface area contributed by atoms with Crippen molar-refractivity contribution >= 4 is 22.1 Å². The standard InChI is InChI=1S/C16H15NS/c1-11-6-7-14(13-5-3-2-4-12(11)13)15-8-9-18-16(15)10-17/h2-9H,10,17H2,1H3. The molecule has 0 atom stereocenters. The Hall–Kier alpha value is -1.64. The van der Waals surface area contributed by atoms with Crippen LogP contribution in [0.15, 0.2) is 47.8 Å². The van der Waals surface area contributed by atoms with Gasteiger partial charge in [0.1, 0.15) is 0 Å². The fourth-order valence-corrected chi connectivity index (χ4v) is 3.19. The molecular formula is C16H15NS. The van der Waals surface area contributed by atoms with Crippen LogP contribution in [0.2, 0.25) is 0 Å². The van der Waals surface area contributed by atoms with Crippen molar-refractivity contribution in [3.63, 3.8) is 0 Å². The van der Waals surface area contributed by atoms with E-state index in [4.69, 9.17) is 5.73 Å². The van der Waals surface area contributed by atoms with Gasteiger partial charge in [-0.05, 0) is 45.8 Å². The Balaban J connectivity index is 2.34. The van der Waals surface area contributed by atoms with Crippen molar-refractivity contribution in [3.8, 4) is 11.1 Å². The second-order valence-corrected chi connectivity index (χ2v) is 5.44. The molecule has 90 valence electrons. The van der Waals surface area contributed by atoms with Gasteiger partial charge in [-0.2, -0.15) is 0 Å². The lowest BCUT2D eigenvalue weighted by Crippen LogP contribution is -1.95. The Kier molecular flexibility index (Phi) is 2.90. The molecule has 2 heteroatoms. The van der Waals surface area contributed by atoms with Crippen LogP contribution in [0.1, 0.15) is 10.4 Å². The van der Waals surface area contributed by atoms with Gasteiger partial charge >= 0.3 is 0 Å². The molecule has 0 fully saturated rings. The minimum Gasteiger partial charge on any atom is -0.326 e. The highest BCUT2D eigenvalue weighted by atomic mass is 32.1. The summed E-state index contributed by atoms with van der Waals surface area (Å²) >= 11 is 1.73. The second-order valence-electron chi connectivity index (χ2n) is 4.44. The highest BCUT2D eigenvalue weighted by Gasteiger charge is 2.09. The van der Waals surface area contributed by atoms with Crippen LogP contribution in [0.4, 0.5) is 0 Å². The van der Waals surface area contributed by atoms with E-state index in [0.717, 1.165) is 0 Å². The number of hydrogen-bond donors (Lipinski definition) is 1. The average Bonchev–Trinajstić information content (AvgIpc) is 2.88. The SMILES string of the molecule is Cc1ccc(-c2ccsc2CN)c2ccccc12. The Morgan fingerprint density at radius 3 is 2.50 bits per heavy atom. The third-order valence-electron chi connectivity index (χ3n) is 3.36. The molecule has 0 bridgehead atoms. The quantitative estimate of drug-likeness (QED) is 0.722. The summed E-state index contributed by atoms with van der Waals surface area (Å²) in [5.74, 6) is 0. The molecule has 0 aliphatic rings.